The van der Waals surface area contributed by atoms with Gasteiger partial charge in [-0.3, -0.25) is 4.79 Å². The Morgan fingerprint density at radius 1 is 1.42 bits per heavy atom. The molecule has 0 aliphatic carbocycles. The molecule has 5 heteroatoms. The molecule has 1 aliphatic rings. The van der Waals surface area contributed by atoms with Crippen molar-refractivity contribution in [2.45, 2.75) is 18.9 Å². The van der Waals surface area contributed by atoms with Crippen LogP contribution >= 0.6 is 34.2 Å². The molecule has 19 heavy (non-hydrogen) atoms. The highest BCUT2D eigenvalue weighted by Crippen LogP contribution is 2.18. The molecule has 0 bridgehead atoms. The molecule has 0 fully saturated rings. The van der Waals surface area contributed by atoms with E-state index >= 15 is 0 Å². The van der Waals surface area contributed by atoms with E-state index in [4.69, 9.17) is 17.3 Å². The van der Waals surface area contributed by atoms with Gasteiger partial charge >= 0.3 is 0 Å². The molecule has 1 atom stereocenters. The van der Waals surface area contributed by atoms with E-state index in [0.717, 1.165) is 18.5 Å². The first kappa shape index (κ1) is 14.8. The minimum absolute atomic E-state index is 0.0232. The first-order chi connectivity index (χ1) is 9.06. The maximum absolute atomic E-state index is 12.2. The predicted molar refractivity (Wildman–Crippen MR) is 86.4 cm³/mol. The van der Waals surface area contributed by atoms with E-state index in [1.54, 1.807) is 0 Å². The van der Waals surface area contributed by atoms with E-state index in [1.165, 1.54) is 3.58 Å². The van der Waals surface area contributed by atoms with Crippen molar-refractivity contribution in [3.05, 3.63) is 44.5 Å². The standard InChI is InChI=1S/C14H16ClIN2O/c15-11-3-1-10(2-4-11)9-13(17)14(19)18-7-5-12(16)6-8-18/h1-5,13H,6-9,17H2/t13-/m0/s1. The molecule has 1 aromatic rings. The summed E-state index contributed by atoms with van der Waals surface area (Å²) in [6.07, 6.45) is 3.56. The number of nitrogens with zero attached hydrogens (tertiary/aromatic N) is 1. The lowest BCUT2D eigenvalue weighted by molar-refractivity contribution is -0.132. The highest BCUT2D eigenvalue weighted by molar-refractivity contribution is 14.1. The van der Waals surface area contributed by atoms with Gasteiger partial charge in [0.2, 0.25) is 5.91 Å². The van der Waals surface area contributed by atoms with Crippen LogP contribution in [0.25, 0.3) is 0 Å². The third-order valence-electron chi connectivity index (χ3n) is 3.15. The molecule has 2 N–H and O–H groups in total. The highest BCUT2D eigenvalue weighted by atomic mass is 127. The average molecular weight is 391 g/mol. The molecule has 3 nitrogen and oxygen atoms in total. The zero-order chi connectivity index (χ0) is 13.8. The van der Waals surface area contributed by atoms with Crippen LogP contribution in [0.2, 0.25) is 5.02 Å². The van der Waals surface area contributed by atoms with Crippen LogP contribution in [-0.2, 0) is 11.2 Å². The van der Waals surface area contributed by atoms with Crippen LogP contribution in [0.15, 0.2) is 33.9 Å². The van der Waals surface area contributed by atoms with Crippen molar-refractivity contribution in [3.63, 3.8) is 0 Å². The van der Waals surface area contributed by atoms with Crippen LogP contribution in [0.5, 0.6) is 0 Å². The number of halogens is 2. The maximum Gasteiger partial charge on any atom is 0.240 e. The van der Waals surface area contributed by atoms with Crippen molar-refractivity contribution in [1.82, 2.24) is 4.90 Å². The van der Waals surface area contributed by atoms with Gasteiger partial charge in [-0.2, -0.15) is 0 Å². The lowest BCUT2D eigenvalue weighted by Gasteiger charge is -2.27. The number of amides is 1. The summed E-state index contributed by atoms with van der Waals surface area (Å²) >= 11 is 8.14. The van der Waals surface area contributed by atoms with Gasteiger partial charge in [-0.05, 0) is 56.7 Å². The summed E-state index contributed by atoms with van der Waals surface area (Å²) in [7, 11) is 0. The fourth-order valence-corrected chi connectivity index (χ4v) is 2.60. The summed E-state index contributed by atoms with van der Waals surface area (Å²) in [6, 6.07) is 6.98. The third kappa shape index (κ3) is 4.19. The zero-order valence-corrected chi connectivity index (χ0v) is 13.4. The van der Waals surface area contributed by atoms with Crippen LogP contribution in [0.3, 0.4) is 0 Å². The van der Waals surface area contributed by atoms with E-state index in [1.807, 2.05) is 29.2 Å². The van der Waals surface area contributed by atoms with E-state index in [0.29, 0.717) is 18.0 Å². The monoisotopic (exact) mass is 390 g/mol. The Morgan fingerprint density at radius 3 is 2.68 bits per heavy atom. The van der Waals surface area contributed by atoms with Crippen molar-refractivity contribution in [1.29, 1.82) is 0 Å². The van der Waals surface area contributed by atoms with Crippen LogP contribution in [-0.4, -0.2) is 29.9 Å². The van der Waals surface area contributed by atoms with Gasteiger partial charge in [0.1, 0.15) is 0 Å². The second-order valence-corrected chi connectivity index (χ2v) is 6.44. The van der Waals surface area contributed by atoms with Gasteiger partial charge in [-0.25, -0.2) is 0 Å². The van der Waals surface area contributed by atoms with Gasteiger partial charge in [-0.1, -0.05) is 29.8 Å². The minimum Gasteiger partial charge on any atom is -0.337 e. The van der Waals surface area contributed by atoms with Gasteiger partial charge in [0, 0.05) is 18.1 Å². The average Bonchev–Trinajstić information content (AvgIpc) is 2.41. The van der Waals surface area contributed by atoms with Crippen molar-refractivity contribution < 1.29 is 4.79 Å². The summed E-state index contributed by atoms with van der Waals surface area (Å²) in [6.45, 7) is 1.44. The van der Waals surface area contributed by atoms with Crippen LogP contribution in [0.1, 0.15) is 12.0 Å². The Bertz CT molecular complexity index is 487. The number of hydrogen-bond acceptors (Lipinski definition) is 2. The second kappa shape index (κ2) is 6.72. The second-order valence-electron chi connectivity index (χ2n) is 4.62. The summed E-state index contributed by atoms with van der Waals surface area (Å²) in [5, 5.41) is 0.694. The fraction of sp³-hybridized carbons (Fsp3) is 0.357. The molecule has 0 unspecified atom stereocenters. The maximum atomic E-state index is 12.2. The van der Waals surface area contributed by atoms with Gasteiger partial charge in [-0.15, -0.1) is 0 Å². The molecule has 0 saturated carbocycles. The lowest BCUT2D eigenvalue weighted by atomic mass is 10.1. The molecule has 0 aromatic heterocycles. The first-order valence-electron chi connectivity index (χ1n) is 6.19. The molecule has 1 aliphatic heterocycles. The number of nitrogens with two attached hydrogens (primary N) is 1. The number of carbonyl (C=O) groups excluding carboxylic acids is 1. The SMILES string of the molecule is N[C@@H](Cc1ccc(Cl)cc1)C(=O)N1CC=C(I)CC1. The molecule has 1 aromatic carbocycles. The van der Waals surface area contributed by atoms with Crippen LogP contribution < -0.4 is 5.73 Å². The smallest absolute Gasteiger partial charge is 0.240 e. The summed E-state index contributed by atoms with van der Waals surface area (Å²) in [4.78, 5) is 14.0. The van der Waals surface area contributed by atoms with Crippen molar-refractivity contribution in [3.8, 4) is 0 Å². The van der Waals surface area contributed by atoms with Gasteiger partial charge in [0.15, 0.2) is 0 Å². The number of rotatable bonds is 3. The summed E-state index contributed by atoms with van der Waals surface area (Å²) < 4.78 is 1.31. The Hall–Kier alpha value is -0.590. The van der Waals surface area contributed by atoms with Gasteiger partial charge in [0.25, 0.3) is 0 Å². The molecular weight excluding hydrogens is 375 g/mol. The molecule has 1 amide bonds. The van der Waals surface area contributed by atoms with Crippen molar-refractivity contribution in [2.24, 2.45) is 5.73 Å². The van der Waals surface area contributed by atoms with Crippen LogP contribution in [0, 0.1) is 0 Å². The molecule has 102 valence electrons. The van der Waals surface area contributed by atoms with Crippen molar-refractivity contribution in [2.75, 3.05) is 13.1 Å². The lowest BCUT2D eigenvalue weighted by Crippen LogP contribution is -2.46. The third-order valence-corrected chi connectivity index (χ3v) is 4.38. The summed E-state index contributed by atoms with van der Waals surface area (Å²) in [5.74, 6) is 0.0232. The van der Waals surface area contributed by atoms with E-state index in [9.17, 15) is 4.79 Å². The molecule has 0 radical (unpaired) electrons. The summed E-state index contributed by atoms with van der Waals surface area (Å²) in [5.41, 5.74) is 7.04. The fourth-order valence-electron chi connectivity index (χ4n) is 2.04. The minimum atomic E-state index is -0.481. The molecular formula is C14H16ClIN2O. The molecule has 0 spiro atoms. The number of hydrogen-bond donors (Lipinski definition) is 1. The topological polar surface area (TPSA) is 46.3 Å². The molecule has 2 rings (SSSR count). The van der Waals surface area contributed by atoms with Gasteiger partial charge in [0.05, 0.1) is 6.04 Å². The number of carbonyl (C=O) groups is 1. The largest absolute Gasteiger partial charge is 0.337 e. The Kier molecular flexibility index (Phi) is 5.24. The molecule has 0 saturated heterocycles. The van der Waals surface area contributed by atoms with Crippen LogP contribution in [0.4, 0.5) is 0 Å². The first-order valence-corrected chi connectivity index (χ1v) is 7.65. The Labute approximate surface area is 131 Å². The molecule has 1 heterocycles. The normalized spacial score (nSPS) is 17.0. The Morgan fingerprint density at radius 2 is 2.11 bits per heavy atom. The number of benzene rings is 1. The highest BCUT2D eigenvalue weighted by Gasteiger charge is 2.22. The van der Waals surface area contributed by atoms with E-state index in [2.05, 4.69) is 28.7 Å². The predicted octanol–water partition coefficient (Wildman–Crippen LogP) is 2.76. The van der Waals surface area contributed by atoms with E-state index in [-0.39, 0.29) is 5.91 Å². The zero-order valence-electron chi connectivity index (χ0n) is 10.5. The van der Waals surface area contributed by atoms with Crippen molar-refractivity contribution >= 4 is 40.1 Å². The Balaban J connectivity index is 1.94. The quantitative estimate of drug-likeness (QED) is 0.807. The van der Waals surface area contributed by atoms with E-state index < -0.39 is 6.04 Å². The van der Waals surface area contributed by atoms with Gasteiger partial charge < -0.3 is 10.6 Å².